The van der Waals surface area contributed by atoms with Gasteiger partial charge in [0.25, 0.3) is 0 Å². The van der Waals surface area contributed by atoms with E-state index in [2.05, 4.69) is 10.4 Å². The molecule has 2 heterocycles. The third-order valence-electron chi connectivity index (χ3n) is 4.10. The molecule has 7 heteroatoms. The molecule has 1 aliphatic rings. The number of rotatable bonds is 4. The number of carbonyl (C=O) groups is 1. The van der Waals surface area contributed by atoms with Crippen LogP contribution in [-0.2, 0) is 13.0 Å². The lowest BCUT2D eigenvalue weighted by molar-refractivity contribution is 0.257. The highest BCUT2D eigenvalue weighted by Crippen LogP contribution is 2.30. The Morgan fingerprint density at radius 3 is 3.08 bits per heavy atom. The molecule has 0 aliphatic carbocycles. The van der Waals surface area contributed by atoms with Crippen molar-refractivity contribution in [3.05, 3.63) is 36.2 Å². The Morgan fingerprint density at radius 2 is 2.29 bits per heavy atom. The van der Waals surface area contributed by atoms with E-state index >= 15 is 0 Å². The maximum atomic E-state index is 12.7. The number of methoxy groups -OCH3 is 1. The van der Waals surface area contributed by atoms with Crippen LogP contribution in [0, 0.1) is 0 Å². The summed E-state index contributed by atoms with van der Waals surface area (Å²) in [5.74, 6) is 0.726. The molecule has 0 saturated heterocycles. The van der Waals surface area contributed by atoms with Crippen molar-refractivity contribution in [2.75, 3.05) is 30.5 Å². The minimum Gasteiger partial charge on any atom is -0.497 e. The minimum atomic E-state index is -0.492. The van der Waals surface area contributed by atoms with Gasteiger partial charge >= 0.3 is 6.03 Å². The molecular weight excluding hydrogens is 311 g/mol. The normalized spacial score (nSPS) is 14.0. The van der Waals surface area contributed by atoms with Crippen LogP contribution in [-0.4, -0.2) is 36.1 Å². The van der Waals surface area contributed by atoms with Crippen LogP contribution in [0.4, 0.5) is 20.6 Å². The Hall–Kier alpha value is -2.57. The summed E-state index contributed by atoms with van der Waals surface area (Å²) in [5.41, 5.74) is 2.57. The molecule has 0 saturated carbocycles. The third kappa shape index (κ3) is 3.50. The monoisotopic (exact) mass is 332 g/mol. The fourth-order valence-corrected chi connectivity index (χ4v) is 2.88. The van der Waals surface area contributed by atoms with Gasteiger partial charge < -0.3 is 10.1 Å². The first-order chi connectivity index (χ1) is 11.7. The number of carbonyl (C=O) groups excluding carboxylic acids is 1. The molecule has 0 atom stereocenters. The molecule has 0 fully saturated rings. The van der Waals surface area contributed by atoms with Crippen LogP contribution in [0.3, 0.4) is 0 Å². The number of fused-ring (bicyclic) bond motifs is 1. The molecule has 0 unspecified atom stereocenters. The van der Waals surface area contributed by atoms with Crippen LogP contribution in [0.25, 0.3) is 0 Å². The molecular formula is C17H21FN4O2. The smallest absolute Gasteiger partial charge is 0.326 e. The molecule has 6 nitrogen and oxygen atoms in total. The topological polar surface area (TPSA) is 59.4 Å². The zero-order chi connectivity index (χ0) is 16.9. The van der Waals surface area contributed by atoms with Crippen molar-refractivity contribution in [3.8, 4) is 5.75 Å². The van der Waals surface area contributed by atoms with E-state index in [0.29, 0.717) is 12.2 Å². The van der Waals surface area contributed by atoms with Gasteiger partial charge in [-0.1, -0.05) is 6.07 Å². The summed E-state index contributed by atoms with van der Waals surface area (Å²) in [6.45, 7) is 0.332. The Morgan fingerprint density at radius 1 is 1.42 bits per heavy atom. The summed E-state index contributed by atoms with van der Waals surface area (Å²) in [5, 5.41) is 6.85. The molecule has 2 aromatic rings. The van der Waals surface area contributed by atoms with Crippen LogP contribution in [0.5, 0.6) is 5.75 Å². The molecule has 2 amide bonds. The van der Waals surface area contributed by atoms with E-state index in [1.165, 1.54) is 10.9 Å². The van der Waals surface area contributed by atoms with Crippen LogP contribution in [0.15, 0.2) is 30.6 Å². The molecule has 1 aliphatic heterocycles. The quantitative estimate of drug-likeness (QED) is 0.935. The van der Waals surface area contributed by atoms with Crippen LogP contribution in [0.1, 0.15) is 18.4 Å². The number of alkyl halides is 1. The van der Waals surface area contributed by atoms with Gasteiger partial charge in [-0.15, -0.1) is 0 Å². The van der Waals surface area contributed by atoms with Crippen LogP contribution >= 0.6 is 0 Å². The number of hydrogen-bond acceptors (Lipinski definition) is 3. The lowest BCUT2D eigenvalue weighted by atomic mass is 10.1. The van der Waals surface area contributed by atoms with Crippen molar-refractivity contribution in [2.45, 2.75) is 25.8 Å². The van der Waals surface area contributed by atoms with E-state index in [0.717, 1.165) is 36.3 Å². The van der Waals surface area contributed by atoms with E-state index in [-0.39, 0.29) is 12.6 Å². The van der Waals surface area contributed by atoms with Crippen molar-refractivity contribution >= 4 is 17.4 Å². The van der Waals surface area contributed by atoms with E-state index in [1.54, 1.807) is 18.2 Å². The number of halogens is 1. The third-order valence-corrected chi connectivity index (χ3v) is 4.10. The molecule has 3 rings (SSSR count). The Balaban J connectivity index is 1.81. The van der Waals surface area contributed by atoms with E-state index < -0.39 is 6.67 Å². The summed E-state index contributed by atoms with van der Waals surface area (Å²) in [4.78, 5) is 14.4. The van der Waals surface area contributed by atoms with Crippen LogP contribution < -0.4 is 15.0 Å². The molecule has 24 heavy (non-hydrogen) atoms. The second-order valence-electron chi connectivity index (χ2n) is 5.71. The Labute approximate surface area is 140 Å². The summed E-state index contributed by atoms with van der Waals surface area (Å²) in [7, 11) is 1.61. The van der Waals surface area contributed by atoms with Gasteiger partial charge in [0, 0.05) is 18.8 Å². The van der Waals surface area contributed by atoms with Crippen LogP contribution in [0.2, 0.25) is 0 Å². The molecule has 128 valence electrons. The highest BCUT2D eigenvalue weighted by molar-refractivity contribution is 6.02. The average molecular weight is 332 g/mol. The van der Waals surface area contributed by atoms with Crippen molar-refractivity contribution in [1.82, 2.24) is 9.78 Å². The van der Waals surface area contributed by atoms with Gasteiger partial charge in [-0.3, -0.25) is 9.58 Å². The highest BCUT2D eigenvalue weighted by Gasteiger charge is 2.22. The first-order valence-electron chi connectivity index (χ1n) is 8.05. The fraction of sp³-hybridized carbons (Fsp3) is 0.412. The summed E-state index contributed by atoms with van der Waals surface area (Å²) >= 11 is 0. The molecule has 1 aromatic carbocycles. The Kier molecular flexibility index (Phi) is 4.98. The highest BCUT2D eigenvalue weighted by atomic mass is 19.1. The lowest BCUT2D eigenvalue weighted by Crippen LogP contribution is -2.35. The number of anilines is 2. The second kappa shape index (κ2) is 7.33. The van der Waals surface area contributed by atoms with Gasteiger partial charge in [-0.2, -0.15) is 5.10 Å². The van der Waals surface area contributed by atoms with Gasteiger partial charge in [0.1, 0.15) is 12.4 Å². The molecule has 0 spiro atoms. The number of hydrogen-bond donors (Lipinski definition) is 1. The van der Waals surface area contributed by atoms with Gasteiger partial charge in [0.05, 0.1) is 31.2 Å². The summed E-state index contributed by atoms with van der Waals surface area (Å²) in [6.07, 6.45) is 6.07. The standard InChI is InChI=1S/C17H21FN4O2/c1-24-15-6-5-13-4-2-3-8-22(16(13)10-15)17(23)20-14-11-19-21(12-14)9-7-18/h5-6,10-12H,2-4,7-9H2,1H3,(H,20,23). The van der Waals surface area contributed by atoms with E-state index in [4.69, 9.17) is 4.74 Å². The molecule has 1 N–H and O–H groups in total. The number of aryl methyl sites for hydroxylation is 2. The van der Waals surface area contributed by atoms with Gasteiger partial charge in [0.2, 0.25) is 0 Å². The summed E-state index contributed by atoms with van der Waals surface area (Å²) < 4.78 is 19.1. The average Bonchev–Trinajstić information content (AvgIpc) is 2.91. The lowest BCUT2D eigenvalue weighted by Gasteiger charge is -2.23. The van der Waals surface area contributed by atoms with Crippen molar-refractivity contribution in [2.24, 2.45) is 0 Å². The van der Waals surface area contributed by atoms with Gasteiger partial charge in [0.15, 0.2) is 0 Å². The minimum absolute atomic E-state index is 0.180. The second-order valence-corrected chi connectivity index (χ2v) is 5.71. The van der Waals surface area contributed by atoms with E-state index in [9.17, 15) is 9.18 Å². The van der Waals surface area contributed by atoms with Gasteiger partial charge in [-0.05, 0) is 30.9 Å². The molecule has 0 bridgehead atoms. The number of benzene rings is 1. The maximum absolute atomic E-state index is 12.7. The zero-order valence-electron chi connectivity index (χ0n) is 13.7. The molecule has 1 aromatic heterocycles. The van der Waals surface area contributed by atoms with Crippen molar-refractivity contribution < 1.29 is 13.9 Å². The number of nitrogens with one attached hydrogen (secondary N) is 1. The fourth-order valence-electron chi connectivity index (χ4n) is 2.88. The first-order valence-corrected chi connectivity index (χ1v) is 8.05. The summed E-state index contributed by atoms with van der Waals surface area (Å²) in [6, 6.07) is 5.61. The number of amides is 2. The SMILES string of the molecule is COc1ccc2c(c1)N(C(=O)Nc1cnn(CCF)c1)CCCC2. The predicted molar refractivity (Wildman–Crippen MR) is 90.5 cm³/mol. The largest absolute Gasteiger partial charge is 0.497 e. The predicted octanol–water partition coefficient (Wildman–Crippen LogP) is 3.24. The van der Waals surface area contributed by atoms with E-state index in [1.807, 2.05) is 18.2 Å². The first kappa shape index (κ1) is 16.3. The maximum Gasteiger partial charge on any atom is 0.326 e. The molecule has 0 radical (unpaired) electrons. The Bertz CT molecular complexity index is 716. The number of nitrogens with zero attached hydrogens (tertiary/aromatic N) is 3. The number of aromatic nitrogens is 2. The van der Waals surface area contributed by atoms with Crippen molar-refractivity contribution in [3.63, 3.8) is 0 Å². The number of ether oxygens (including phenoxy) is 1. The number of urea groups is 1. The van der Waals surface area contributed by atoms with Gasteiger partial charge in [-0.25, -0.2) is 9.18 Å². The zero-order valence-corrected chi connectivity index (χ0v) is 13.7. The van der Waals surface area contributed by atoms with Crippen molar-refractivity contribution in [1.29, 1.82) is 0 Å².